The first kappa shape index (κ1) is 16.5. The Bertz CT molecular complexity index is 690. The normalized spacial score (nSPS) is 10.5. The molecule has 0 radical (unpaired) electrons. The maximum Gasteiger partial charge on any atom is 0.271 e. The van der Waals surface area contributed by atoms with E-state index < -0.39 is 4.92 Å². The van der Waals surface area contributed by atoms with Crippen LogP contribution in [-0.2, 0) is 6.61 Å². The van der Waals surface area contributed by atoms with Crippen LogP contribution in [0.25, 0.3) is 0 Å². The van der Waals surface area contributed by atoms with Gasteiger partial charge in [-0.1, -0.05) is 23.2 Å². The molecule has 0 N–H and O–H groups in total. The Kier molecular flexibility index (Phi) is 5.43. The Balaban J connectivity index is 2.22. The first-order valence-electron chi connectivity index (χ1n) is 5.45. The highest BCUT2D eigenvalue weighted by molar-refractivity contribution is 9.11. The largest absolute Gasteiger partial charge is 0.486 e. The van der Waals surface area contributed by atoms with E-state index in [4.69, 9.17) is 27.9 Å². The molecule has 110 valence electrons. The van der Waals surface area contributed by atoms with Gasteiger partial charge in [0.2, 0.25) is 0 Å². The third kappa shape index (κ3) is 4.06. The maximum atomic E-state index is 10.8. The number of benzene rings is 1. The van der Waals surface area contributed by atoms with E-state index >= 15 is 0 Å². The molecule has 0 aliphatic heterocycles. The second-order valence-electron chi connectivity index (χ2n) is 3.87. The fraction of sp³-hybridized carbons (Fsp3) is 0.0833. The van der Waals surface area contributed by atoms with Gasteiger partial charge in [-0.3, -0.25) is 10.1 Å². The number of nitrogens with zero attached hydrogens (tertiary/aromatic N) is 2. The van der Waals surface area contributed by atoms with Crippen molar-refractivity contribution < 1.29 is 9.66 Å². The first-order chi connectivity index (χ1) is 9.88. The molecule has 0 unspecified atom stereocenters. The van der Waals surface area contributed by atoms with Crippen LogP contribution in [0.2, 0.25) is 10.3 Å². The Morgan fingerprint density at radius 2 is 1.86 bits per heavy atom. The minimum atomic E-state index is -0.487. The fourth-order valence-electron chi connectivity index (χ4n) is 1.49. The number of hydrogen-bond donors (Lipinski definition) is 0. The van der Waals surface area contributed by atoms with Crippen molar-refractivity contribution in [1.82, 2.24) is 4.98 Å². The lowest BCUT2D eigenvalue weighted by atomic mass is 10.3. The molecule has 0 spiro atoms. The number of non-ortho nitro benzene ring substituents is 1. The van der Waals surface area contributed by atoms with Crippen molar-refractivity contribution in [1.29, 1.82) is 0 Å². The van der Waals surface area contributed by atoms with Crippen LogP contribution in [0.1, 0.15) is 5.56 Å². The molecule has 0 aliphatic rings. The number of rotatable bonds is 4. The zero-order valence-electron chi connectivity index (χ0n) is 10.1. The molecule has 2 rings (SSSR count). The average Bonchev–Trinajstić information content (AvgIpc) is 2.39. The van der Waals surface area contributed by atoms with E-state index in [0.29, 0.717) is 25.4 Å². The Morgan fingerprint density at radius 1 is 1.24 bits per heavy atom. The third-order valence-electron chi connectivity index (χ3n) is 2.46. The molecule has 0 amide bonds. The van der Waals surface area contributed by atoms with Crippen LogP contribution in [-0.4, -0.2) is 9.91 Å². The van der Waals surface area contributed by atoms with E-state index in [1.54, 1.807) is 12.1 Å². The Labute approximate surface area is 146 Å². The van der Waals surface area contributed by atoms with Gasteiger partial charge in [-0.2, -0.15) is 0 Å². The number of hydrogen-bond acceptors (Lipinski definition) is 4. The summed E-state index contributed by atoms with van der Waals surface area (Å²) in [5.41, 5.74) is 0.602. The summed E-state index contributed by atoms with van der Waals surface area (Å²) >= 11 is 18.2. The summed E-state index contributed by atoms with van der Waals surface area (Å²) in [7, 11) is 0. The molecule has 0 atom stereocenters. The van der Waals surface area contributed by atoms with Gasteiger partial charge in [0.05, 0.1) is 13.9 Å². The predicted octanol–water partition coefficient (Wildman–Crippen LogP) is 5.40. The molecule has 0 saturated carbocycles. The molecule has 0 saturated heterocycles. The zero-order chi connectivity index (χ0) is 15.6. The van der Waals surface area contributed by atoms with Crippen molar-refractivity contribution in [2.75, 3.05) is 0 Å². The van der Waals surface area contributed by atoms with Gasteiger partial charge in [0, 0.05) is 17.7 Å². The van der Waals surface area contributed by atoms with Crippen molar-refractivity contribution in [3.05, 3.63) is 59.2 Å². The lowest BCUT2D eigenvalue weighted by molar-refractivity contribution is -0.385. The van der Waals surface area contributed by atoms with Crippen molar-refractivity contribution in [3.8, 4) is 5.75 Å². The summed E-state index contributed by atoms with van der Waals surface area (Å²) in [5.74, 6) is 0.437. The average molecular weight is 457 g/mol. The number of nitro groups is 1. The van der Waals surface area contributed by atoms with Gasteiger partial charge < -0.3 is 4.74 Å². The van der Waals surface area contributed by atoms with E-state index in [0.717, 1.165) is 0 Å². The second kappa shape index (κ2) is 6.91. The Morgan fingerprint density at radius 3 is 2.38 bits per heavy atom. The number of halogens is 4. The molecule has 0 aliphatic carbocycles. The number of ether oxygens (including phenoxy) is 1. The molecular formula is C12H6Br2Cl2N2O3. The highest BCUT2D eigenvalue weighted by Crippen LogP contribution is 2.37. The fourth-order valence-corrected chi connectivity index (χ4v) is 3.28. The standard InChI is InChI=1S/C12H6Br2Cl2N2O3/c13-8-3-7(18(19)20)4-9(14)11(8)21-5-6-1-2-10(15)17-12(6)16/h1-4H,5H2. The summed E-state index contributed by atoms with van der Waals surface area (Å²) in [4.78, 5) is 14.2. The van der Waals surface area contributed by atoms with E-state index in [9.17, 15) is 10.1 Å². The lowest BCUT2D eigenvalue weighted by Gasteiger charge is -2.11. The molecule has 21 heavy (non-hydrogen) atoms. The third-order valence-corrected chi connectivity index (χ3v) is 4.17. The van der Waals surface area contributed by atoms with Crippen molar-refractivity contribution in [2.24, 2.45) is 0 Å². The molecule has 9 heteroatoms. The molecule has 1 aromatic heterocycles. The van der Waals surface area contributed by atoms with Crippen molar-refractivity contribution >= 4 is 60.7 Å². The highest BCUT2D eigenvalue weighted by Gasteiger charge is 2.15. The molecule has 5 nitrogen and oxygen atoms in total. The summed E-state index contributed by atoms with van der Waals surface area (Å²) in [6, 6.07) is 6.03. The Hall–Kier alpha value is -0.890. The van der Waals surface area contributed by atoms with E-state index in [1.807, 2.05) is 0 Å². The predicted molar refractivity (Wildman–Crippen MR) is 87.1 cm³/mol. The monoisotopic (exact) mass is 454 g/mol. The topological polar surface area (TPSA) is 65.3 Å². The summed E-state index contributed by atoms with van der Waals surface area (Å²) in [6.45, 7) is 0.151. The van der Waals surface area contributed by atoms with Crippen molar-refractivity contribution in [2.45, 2.75) is 6.61 Å². The van der Waals surface area contributed by atoms with E-state index in [-0.39, 0.29) is 17.4 Å². The van der Waals surface area contributed by atoms with Gasteiger partial charge in [0.25, 0.3) is 5.69 Å². The lowest BCUT2D eigenvalue weighted by Crippen LogP contribution is -1.99. The smallest absolute Gasteiger partial charge is 0.271 e. The summed E-state index contributed by atoms with van der Waals surface area (Å²) in [5, 5.41) is 11.3. The summed E-state index contributed by atoms with van der Waals surface area (Å²) in [6.07, 6.45) is 0. The number of pyridine rings is 1. The van der Waals surface area contributed by atoms with Gasteiger partial charge in [0.1, 0.15) is 22.7 Å². The second-order valence-corrected chi connectivity index (χ2v) is 6.32. The van der Waals surface area contributed by atoms with Crippen LogP contribution >= 0.6 is 55.1 Å². The molecular weight excluding hydrogens is 451 g/mol. The first-order valence-corrected chi connectivity index (χ1v) is 7.80. The van der Waals surface area contributed by atoms with Crippen LogP contribution in [0.15, 0.2) is 33.2 Å². The molecule has 0 fully saturated rings. The molecule has 2 aromatic rings. The van der Waals surface area contributed by atoms with Crippen molar-refractivity contribution in [3.63, 3.8) is 0 Å². The minimum absolute atomic E-state index is 0.0488. The van der Waals surface area contributed by atoms with Gasteiger partial charge in [-0.05, 0) is 44.0 Å². The van der Waals surface area contributed by atoms with Crippen LogP contribution < -0.4 is 4.74 Å². The number of nitro benzene ring substituents is 1. The van der Waals surface area contributed by atoms with Crippen LogP contribution in [0, 0.1) is 10.1 Å². The van der Waals surface area contributed by atoms with Crippen LogP contribution in [0.4, 0.5) is 5.69 Å². The van der Waals surface area contributed by atoms with Gasteiger partial charge in [0.15, 0.2) is 0 Å². The maximum absolute atomic E-state index is 10.8. The van der Waals surface area contributed by atoms with Gasteiger partial charge >= 0.3 is 0 Å². The van der Waals surface area contributed by atoms with Crippen LogP contribution in [0.3, 0.4) is 0 Å². The van der Waals surface area contributed by atoms with Crippen LogP contribution in [0.5, 0.6) is 5.75 Å². The van der Waals surface area contributed by atoms with E-state index in [2.05, 4.69) is 36.8 Å². The van der Waals surface area contributed by atoms with Gasteiger partial charge in [-0.15, -0.1) is 0 Å². The molecule has 1 aromatic carbocycles. The number of aromatic nitrogens is 1. The summed E-state index contributed by atoms with van der Waals surface area (Å²) < 4.78 is 6.54. The quantitative estimate of drug-likeness (QED) is 0.351. The molecule has 1 heterocycles. The van der Waals surface area contributed by atoms with E-state index in [1.165, 1.54) is 12.1 Å². The zero-order valence-corrected chi connectivity index (χ0v) is 14.8. The van der Waals surface area contributed by atoms with Gasteiger partial charge in [-0.25, -0.2) is 4.98 Å². The SMILES string of the molecule is O=[N+]([O-])c1cc(Br)c(OCc2ccc(Cl)nc2Cl)c(Br)c1. The molecule has 0 bridgehead atoms. The minimum Gasteiger partial charge on any atom is -0.486 e. The highest BCUT2D eigenvalue weighted by atomic mass is 79.9.